The van der Waals surface area contributed by atoms with Crippen molar-refractivity contribution in [3.8, 4) is 11.8 Å². The minimum absolute atomic E-state index is 0.181. The number of carbonyl (C=O) groups excluding carboxylic acids is 2. The van der Waals surface area contributed by atoms with Crippen LogP contribution in [-0.4, -0.2) is 41.5 Å². The Morgan fingerprint density at radius 3 is 2.78 bits per heavy atom. The van der Waals surface area contributed by atoms with Crippen molar-refractivity contribution < 1.29 is 14.7 Å². The van der Waals surface area contributed by atoms with Gasteiger partial charge in [-0.15, -0.1) is 11.3 Å². The number of hydrogen-bond donors (Lipinski definition) is 2. The third-order valence-electron chi connectivity index (χ3n) is 2.43. The molecule has 2 heterocycles. The number of nitrogens with zero attached hydrogens (tertiary/aromatic N) is 1. The van der Waals surface area contributed by atoms with Gasteiger partial charge in [0.15, 0.2) is 0 Å². The van der Waals surface area contributed by atoms with Crippen molar-refractivity contribution in [3.63, 3.8) is 0 Å². The van der Waals surface area contributed by atoms with E-state index < -0.39 is 0 Å². The molecule has 0 radical (unpaired) electrons. The van der Waals surface area contributed by atoms with Gasteiger partial charge >= 0.3 is 0 Å². The average molecular weight is 264 g/mol. The fourth-order valence-corrected chi connectivity index (χ4v) is 2.59. The second kappa shape index (κ2) is 5.78. The molecule has 1 saturated heterocycles. The monoisotopic (exact) mass is 264 g/mol. The predicted molar refractivity (Wildman–Crippen MR) is 66.7 cm³/mol. The van der Waals surface area contributed by atoms with Crippen LogP contribution < -0.4 is 5.32 Å². The van der Waals surface area contributed by atoms with Crippen LogP contribution in [0.5, 0.6) is 0 Å². The summed E-state index contributed by atoms with van der Waals surface area (Å²) >= 11 is 1.53. The van der Waals surface area contributed by atoms with Gasteiger partial charge in [0, 0.05) is 17.0 Å². The molecule has 6 heteroatoms. The molecule has 0 unspecified atom stereocenters. The van der Waals surface area contributed by atoms with Gasteiger partial charge in [-0.1, -0.05) is 11.8 Å². The summed E-state index contributed by atoms with van der Waals surface area (Å²) in [6, 6.07) is 1.87. The van der Waals surface area contributed by atoms with E-state index in [0.717, 1.165) is 10.4 Å². The zero-order valence-electron chi connectivity index (χ0n) is 9.60. The molecular formula is C12H12N2O3S. The van der Waals surface area contributed by atoms with Crippen LogP contribution in [0.25, 0.3) is 0 Å². The first-order valence-electron chi connectivity index (χ1n) is 5.40. The summed E-state index contributed by atoms with van der Waals surface area (Å²) in [4.78, 5) is 25.2. The van der Waals surface area contributed by atoms with E-state index in [-0.39, 0.29) is 31.5 Å². The van der Waals surface area contributed by atoms with E-state index in [1.54, 1.807) is 4.90 Å². The van der Waals surface area contributed by atoms with Crippen molar-refractivity contribution in [3.05, 3.63) is 21.9 Å². The molecule has 2 rings (SSSR count). The number of aliphatic hydroxyl groups is 1. The molecular weight excluding hydrogens is 252 g/mol. The Hall–Kier alpha value is -1.68. The molecule has 2 amide bonds. The Labute approximate surface area is 108 Å². The van der Waals surface area contributed by atoms with Crippen molar-refractivity contribution in [1.82, 2.24) is 10.2 Å². The Kier molecular flexibility index (Phi) is 4.10. The third kappa shape index (κ3) is 3.17. The largest absolute Gasteiger partial charge is 0.384 e. The zero-order valence-corrected chi connectivity index (χ0v) is 10.4. The van der Waals surface area contributed by atoms with Gasteiger partial charge < -0.3 is 5.11 Å². The molecule has 1 aliphatic heterocycles. The van der Waals surface area contributed by atoms with E-state index >= 15 is 0 Å². The first-order valence-corrected chi connectivity index (χ1v) is 6.28. The van der Waals surface area contributed by atoms with Crippen LogP contribution in [-0.2, 0) is 16.1 Å². The van der Waals surface area contributed by atoms with Gasteiger partial charge in [-0.3, -0.25) is 19.8 Å². The number of carbonyl (C=O) groups is 2. The lowest BCUT2D eigenvalue weighted by Crippen LogP contribution is -2.50. The number of nitrogens with one attached hydrogen (secondary N) is 1. The number of hydrogen-bond acceptors (Lipinski definition) is 5. The minimum Gasteiger partial charge on any atom is -0.384 e. The van der Waals surface area contributed by atoms with Gasteiger partial charge in [0.2, 0.25) is 11.8 Å². The molecule has 1 aromatic rings. The average Bonchev–Trinajstić information content (AvgIpc) is 2.72. The topological polar surface area (TPSA) is 69.6 Å². The van der Waals surface area contributed by atoms with E-state index in [4.69, 9.17) is 5.11 Å². The van der Waals surface area contributed by atoms with Crippen LogP contribution in [0.4, 0.5) is 0 Å². The Bertz CT molecular complexity index is 511. The molecule has 1 aliphatic rings. The molecule has 1 aromatic heterocycles. The SMILES string of the molecule is O=C1CN(Cc2sccc2C#CCO)CC(=O)N1. The molecule has 1 fully saturated rings. The van der Waals surface area contributed by atoms with E-state index in [0.29, 0.717) is 6.54 Å². The van der Waals surface area contributed by atoms with Gasteiger partial charge in [-0.25, -0.2) is 0 Å². The van der Waals surface area contributed by atoms with Crippen molar-refractivity contribution in [2.75, 3.05) is 19.7 Å². The highest BCUT2D eigenvalue weighted by Gasteiger charge is 2.23. The molecule has 18 heavy (non-hydrogen) atoms. The number of thiophene rings is 1. The summed E-state index contributed by atoms with van der Waals surface area (Å²) in [5.41, 5.74) is 0.840. The fraction of sp³-hybridized carbons (Fsp3) is 0.333. The lowest BCUT2D eigenvalue weighted by Gasteiger charge is -2.24. The van der Waals surface area contributed by atoms with Crippen molar-refractivity contribution in [2.24, 2.45) is 0 Å². The molecule has 5 nitrogen and oxygen atoms in total. The maximum atomic E-state index is 11.2. The van der Waals surface area contributed by atoms with Crippen LogP contribution in [0, 0.1) is 11.8 Å². The van der Waals surface area contributed by atoms with Crippen LogP contribution in [0.3, 0.4) is 0 Å². The Morgan fingerprint density at radius 2 is 2.11 bits per heavy atom. The molecule has 0 saturated carbocycles. The first-order chi connectivity index (χ1) is 8.69. The summed E-state index contributed by atoms with van der Waals surface area (Å²) in [5.74, 6) is 4.90. The van der Waals surface area contributed by atoms with E-state index in [9.17, 15) is 9.59 Å². The van der Waals surface area contributed by atoms with E-state index in [1.807, 2.05) is 11.4 Å². The molecule has 0 spiro atoms. The summed E-state index contributed by atoms with van der Waals surface area (Å²) in [7, 11) is 0. The lowest BCUT2D eigenvalue weighted by atomic mass is 10.2. The van der Waals surface area contributed by atoms with Crippen molar-refractivity contribution >= 4 is 23.2 Å². The van der Waals surface area contributed by atoms with Crippen LogP contribution in [0.15, 0.2) is 11.4 Å². The molecule has 94 valence electrons. The van der Waals surface area contributed by atoms with Gasteiger partial charge in [0.1, 0.15) is 6.61 Å². The second-order valence-corrected chi connectivity index (χ2v) is 4.83. The molecule has 0 bridgehead atoms. The number of amides is 2. The van der Waals surface area contributed by atoms with Gasteiger partial charge in [0.25, 0.3) is 0 Å². The Balaban J connectivity index is 2.07. The highest BCUT2D eigenvalue weighted by atomic mass is 32.1. The van der Waals surface area contributed by atoms with Crippen LogP contribution in [0.1, 0.15) is 10.4 Å². The number of piperazine rings is 1. The van der Waals surface area contributed by atoms with Gasteiger partial charge in [-0.05, 0) is 11.4 Å². The molecule has 2 N–H and O–H groups in total. The lowest BCUT2D eigenvalue weighted by molar-refractivity contribution is -0.136. The fourth-order valence-electron chi connectivity index (χ4n) is 1.72. The number of aliphatic hydroxyl groups excluding tert-OH is 1. The summed E-state index contributed by atoms with van der Waals surface area (Å²) in [5, 5.41) is 12.8. The maximum Gasteiger partial charge on any atom is 0.240 e. The molecule has 0 aliphatic carbocycles. The highest BCUT2D eigenvalue weighted by Crippen LogP contribution is 2.18. The van der Waals surface area contributed by atoms with E-state index in [2.05, 4.69) is 17.2 Å². The van der Waals surface area contributed by atoms with Crippen molar-refractivity contribution in [2.45, 2.75) is 6.54 Å². The smallest absolute Gasteiger partial charge is 0.240 e. The number of rotatable bonds is 2. The summed E-state index contributed by atoms with van der Waals surface area (Å²) in [6.45, 7) is 0.777. The zero-order chi connectivity index (χ0) is 13.0. The molecule has 0 atom stereocenters. The normalized spacial score (nSPS) is 16.1. The summed E-state index contributed by atoms with van der Waals surface area (Å²) < 4.78 is 0. The summed E-state index contributed by atoms with van der Waals surface area (Å²) in [6.07, 6.45) is 0. The first kappa shape index (κ1) is 12.8. The minimum atomic E-state index is -0.272. The highest BCUT2D eigenvalue weighted by molar-refractivity contribution is 7.10. The number of imide groups is 1. The quantitative estimate of drug-likeness (QED) is 0.561. The molecule has 0 aromatic carbocycles. The van der Waals surface area contributed by atoms with Crippen LogP contribution >= 0.6 is 11.3 Å². The Morgan fingerprint density at radius 1 is 1.39 bits per heavy atom. The van der Waals surface area contributed by atoms with E-state index in [1.165, 1.54) is 11.3 Å². The standard InChI is InChI=1S/C12H12N2O3S/c15-4-1-2-9-3-5-18-10(9)6-14-7-11(16)13-12(17)8-14/h3,5,15H,4,6-8H2,(H,13,16,17). The predicted octanol–water partition coefficient (Wildman–Crippen LogP) is -0.450. The second-order valence-electron chi connectivity index (χ2n) is 3.83. The van der Waals surface area contributed by atoms with Gasteiger partial charge in [0.05, 0.1) is 13.1 Å². The van der Waals surface area contributed by atoms with Crippen LogP contribution in [0.2, 0.25) is 0 Å². The third-order valence-corrected chi connectivity index (χ3v) is 3.33. The maximum absolute atomic E-state index is 11.2. The van der Waals surface area contributed by atoms with Gasteiger partial charge in [-0.2, -0.15) is 0 Å². The van der Waals surface area contributed by atoms with Crippen molar-refractivity contribution in [1.29, 1.82) is 0 Å².